The van der Waals surface area contributed by atoms with Crippen LogP contribution in [-0.4, -0.2) is 29.4 Å². The molecule has 2 N–H and O–H groups in total. The number of aliphatic imine (C=N–C) groups is 1. The summed E-state index contributed by atoms with van der Waals surface area (Å²) in [6, 6.07) is 12.7. The van der Waals surface area contributed by atoms with Crippen molar-refractivity contribution in [3.8, 4) is 5.88 Å². The Balaban J connectivity index is 1.58. The largest absolute Gasteiger partial charge is 0.494 e. The summed E-state index contributed by atoms with van der Waals surface area (Å²) in [6.45, 7) is 4.03. The highest BCUT2D eigenvalue weighted by molar-refractivity contribution is 6.02. The molecule has 1 aliphatic heterocycles. The van der Waals surface area contributed by atoms with E-state index in [1.54, 1.807) is 12.3 Å². The molecule has 0 amide bonds. The fourth-order valence-electron chi connectivity index (χ4n) is 3.50. The van der Waals surface area contributed by atoms with E-state index < -0.39 is 0 Å². The average molecular weight is 351 g/mol. The Bertz CT molecular complexity index is 955. The fourth-order valence-corrected chi connectivity index (χ4v) is 3.50. The summed E-state index contributed by atoms with van der Waals surface area (Å²) in [5, 5.41) is 11.0. The van der Waals surface area contributed by atoms with Gasteiger partial charge in [-0.1, -0.05) is 25.1 Å². The molecule has 5 heteroatoms. The molecule has 2 aromatic carbocycles. The number of aromatic amines is 1. The van der Waals surface area contributed by atoms with Gasteiger partial charge in [0.05, 0.1) is 16.9 Å². The lowest BCUT2D eigenvalue weighted by Gasteiger charge is -2.32. The second-order valence-electron chi connectivity index (χ2n) is 7.00. The van der Waals surface area contributed by atoms with E-state index in [1.165, 1.54) is 6.07 Å². The maximum atomic E-state index is 14.6. The highest BCUT2D eigenvalue weighted by atomic mass is 19.1. The number of aromatic hydroxyl groups is 1. The molecule has 0 radical (unpaired) electrons. The van der Waals surface area contributed by atoms with Crippen molar-refractivity contribution < 1.29 is 9.50 Å². The van der Waals surface area contributed by atoms with E-state index >= 15 is 0 Å². The molecule has 1 aromatic heterocycles. The summed E-state index contributed by atoms with van der Waals surface area (Å²) < 4.78 is 14.6. The van der Waals surface area contributed by atoms with Crippen LogP contribution in [0, 0.1) is 11.7 Å². The Morgan fingerprint density at radius 1 is 1.19 bits per heavy atom. The lowest BCUT2D eigenvalue weighted by molar-refractivity contribution is 0.434. The van der Waals surface area contributed by atoms with Gasteiger partial charge in [0.15, 0.2) is 5.88 Å². The van der Waals surface area contributed by atoms with E-state index in [-0.39, 0.29) is 11.7 Å². The molecule has 1 aliphatic rings. The van der Waals surface area contributed by atoms with Crippen LogP contribution in [0.3, 0.4) is 0 Å². The summed E-state index contributed by atoms with van der Waals surface area (Å²) in [7, 11) is 0. The quantitative estimate of drug-likeness (QED) is 0.653. The topological polar surface area (TPSA) is 51.6 Å². The second kappa shape index (κ2) is 6.83. The number of anilines is 1. The van der Waals surface area contributed by atoms with Gasteiger partial charge in [-0.2, -0.15) is 0 Å². The molecular weight excluding hydrogens is 329 g/mol. The number of hydrogen-bond donors (Lipinski definition) is 2. The van der Waals surface area contributed by atoms with Crippen LogP contribution in [-0.2, 0) is 0 Å². The number of nitrogens with zero attached hydrogens (tertiary/aromatic N) is 2. The molecule has 4 rings (SSSR count). The molecule has 134 valence electrons. The first kappa shape index (κ1) is 16.6. The van der Waals surface area contributed by atoms with Gasteiger partial charge in [0.25, 0.3) is 0 Å². The normalized spacial score (nSPS) is 16.0. The first-order valence-electron chi connectivity index (χ1n) is 9.00. The molecule has 26 heavy (non-hydrogen) atoms. The lowest BCUT2D eigenvalue weighted by atomic mass is 9.99. The first-order valence-corrected chi connectivity index (χ1v) is 9.00. The lowest BCUT2D eigenvalue weighted by Crippen LogP contribution is -2.33. The number of fused-ring (bicyclic) bond motifs is 1. The van der Waals surface area contributed by atoms with E-state index in [0.29, 0.717) is 22.9 Å². The molecule has 0 spiro atoms. The van der Waals surface area contributed by atoms with Crippen molar-refractivity contribution in [3.05, 3.63) is 53.8 Å². The maximum Gasteiger partial charge on any atom is 0.198 e. The van der Waals surface area contributed by atoms with Gasteiger partial charge in [-0.3, -0.25) is 4.99 Å². The standard InChI is InChI=1S/C21H22FN3O/c1-14-8-10-25(11-9-14)20-7-6-15(12-18(20)22)23-13-17-16-4-2-3-5-19(16)24-21(17)26/h2-7,12-14,24,26H,8-11H2,1H3. The zero-order chi connectivity index (χ0) is 18.1. The highest BCUT2D eigenvalue weighted by Crippen LogP contribution is 2.29. The number of rotatable bonds is 3. The summed E-state index contributed by atoms with van der Waals surface area (Å²) in [5.41, 5.74) is 2.62. The fraction of sp³-hybridized carbons (Fsp3) is 0.286. The minimum atomic E-state index is -0.252. The van der Waals surface area contributed by atoms with Crippen LogP contribution in [0.2, 0.25) is 0 Å². The smallest absolute Gasteiger partial charge is 0.198 e. The predicted octanol–water partition coefficient (Wildman–Crippen LogP) is 5.00. The van der Waals surface area contributed by atoms with Gasteiger partial charge >= 0.3 is 0 Å². The molecule has 0 aliphatic carbocycles. The Hall–Kier alpha value is -2.82. The molecule has 1 fully saturated rings. The van der Waals surface area contributed by atoms with Crippen LogP contribution in [0.4, 0.5) is 15.8 Å². The van der Waals surface area contributed by atoms with Crippen LogP contribution in [0.25, 0.3) is 10.9 Å². The number of piperidine rings is 1. The van der Waals surface area contributed by atoms with Crippen molar-refractivity contribution in [3.63, 3.8) is 0 Å². The van der Waals surface area contributed by atoms with Crippen LogP contribution in [0.1, 0.15) is 25.3 Å². The van der Waals surface area contributed by atoms with Crippen molar-refractivity contribution >= 4 is 28.5 Å². The van der Waals surface area contributed by atoms with E-state index in [2.05, 4.69) is 21.8 Å². The predicted molar refractivity (Wildman–Crippen MR) is 104 cm³/mol. The van der Waals surface area contributed by atoms with Crippen LogP contribution >= 0.6 is 0 Å². The number of para-hydroxylation sites is 1. The number of nitrogens with one attached hydrogen (secondary N) is 1. The molecule has 4 nitrogen and oxygen atoms in total. The molecule has 0 atom stereocenters. The van der Waals surface area contributed by atoms with Crippen LogP contribution < -0.4 is 4.90 Å². The van der Waals surface area contributed by atoms with Gasteiger partial charge in [-0.15, -0.1) is 0 Å². The summed E-state index contributed by atoms with van der Waals surface area (Å²) in [4.78, 5) is 9.37. The van der Waals surface area contributed by atoms with Gasteiger partial charge < -0.3 is 15.0 Å². The van der Waals surface area contributed by atoms with Gasteiger partial charge in [0.2, 0.25) is 0 Å². The molecule has 2 heterocycles. The van der Waals surface area contributed by atoms with E-state index in [9.17, 15) is 9.50 Å². The summed E-state index contributed by atoms with van der Waals surface area (Å²) in [6.07, 6.45) is 3.77. The number of H-pyrrole nitrogens is 1. The monoisotopic (exact) mass is 351 g/mol. The van der Waals surface area contributed by atoms with Gasteiger partial charge in [-0.25, -0.2) is 4.39 Å². The van der Waals surface area contributed by atoms with Gasteiger partial charge in [0.1, 0.15) is 5.82 Å². The highest BCUT2D eigenvalue weighted by Gasteiger charge is 2.18. The summed E-state index contributed by atoms with van der Waals surface area (Å²) >= 11 is 0. The van der Waals surface area contributed by atoms with E-state index in [4.69, 9.17) is 0 Å². The third kappa shape index (κ3) is 3.17. The minimum Gasteiger partial charge on any atom is -0.494 e. The molecule has 0 bridgehead atoms. The molecular formula is C21H22FN3O. The number of benzene rings is 2. The van der Waals surface area contributed by atoms with E-state index in [0.717, 1.165) is 36.8 Å². The number of hydrogen-bond acceptors (Lipinski definition) is 3. The van der Waals surface area contributed by atoms with Gasteiger partial charge in [0, 0.05) is 36.3 Å². The van der Waals surface area contributed by atoms with Crippen molar-refractivity contribution in [1.82, 2.24) is 4.98 Å². The molecule has 0 unspecified atom stereocenters. The first-order chi connectivity index (χ1) is 12.6. The molecule has 3 aromatic rings. The number of halogens is 1. The van der Waals surface area contributed by atoms with Crippen molar-refractivity contribution in [2.75, 3.05) is 18.0 Å². The van der Waals surface area contributed by atoms with E-state index in [1.807, 2.05) is 30.3 Å². The van der Waals surface area contributed by atoms with Gasteiger partial charge in [-0.05, 0) is 37.0 Å². The average Bonchev–Trinajstić information content (AvgIpc) is 2.96. The molecule has 0 saturated carbocycles. The van der Waals surface area contributed by atoms with Crippen molar-refractivity contribution in [1.29, 1.82) is 0 Å². The minimum absolute atomic E-state index is 0.0643. The van der Waals surface area contributed by atoms with Crippen LogP contribution in [0.15, 0.2) is 47.5 Å². The second-order valence-corrected chi connectivity index (χ2v) is 7.00. The Kier molecular flexibility index (Phi) is 4.37. The summed E-state index contributed by atoms with van der Waals surface area (Å²) in [5.74, 6) is 0.522. The SMILES string of the molecule is CC1CCN(c2ccc(N=Cc3c(O)[nH]c4ccccc34)cc2F)CC1. The van der Waals surface area contributed by atoms with Crippen molar-refractivity contribution in [2.24, 2.45) is 10.9 Å². The Morgan fingerprint density at radius 3 is 2.73 bits per heavy atom. The third-order valence-corrected chi connectivity index (χ3v) is 5.12. The zero-order valence-corrected chi connectivity index (χ0v) is 14.7. The molecule has 1 saturated heterocycles. The Labute approximate surface area is 152 Å². The Morgan fingerprint density at radius 2 is 1.96 bits per heavy atom. The zero-order valence-electron chi connectivity index (χ0n) is 14.7. The van der Waals surface area contributed by atoms with Crippen LogP contribution in [0.5, 0.6) is 5.88 Å². The number of aromatic nitrogens is 1. The maximum absolute atomic E-state index is 14.6. The van der Waals surface area contributed by atoms with Crippen molar-refractivity contribution in [2.45, 2.75) is 19.8 Å². The third-order valence-electron chi connectivity index (χ3n) is 5.12.